The Morgan fingerprint density at radius 2 is 2.07 bits per heavy atom. The average molecular weight is 212 g/mol. The number of rotatable bonds is 2. The van der Waals surface area contributed by atoms with Crippen LogP contribution in [0.4, 0.5) is 8.78 Å². The van der Waals surface area contributed by atoms with Gasteiger partial charge in [0.05, 0.1) is 6.20 Å². The molecule has 1 saturated heterocycles. The number of pyridine rings is 1. The Morgan fingerprint density at radius 3 is 2.73 bits per heavy atom. The smallest absolute Gasteiger partial charge is 0.141 e. The highest BCUT2D eigenvalue weighted by Crippen LogP contribution is 2.15. The number of hydrogen-bond acceptors (Lipinski definition) is 2. The number of piperidine rings is 1. The van der Waals surface area contributed by atoms with Crippen LogP contribution in [0.3, 0.4) is 0 Å². The number of likely N-dealkylation sites (tertiary alicyclic amines) is 1. The van der Waals surface area contributed by atoms with Gasteiger partial charge in [0.2, 0.25) is 0 Å². The summed E-state index contributed by atoms with van der Waals surface area (Å²) in [6.07, 6.45) is 3.36. The van der Waals surface area contributed by atoms with Gasteiger partial charge in [0.15, 0.2) is 0 Å². The molecule has 0 aromatic carbocycles. The molecule has 0 aliphatic carbocycles. The van der Waals surface area contributed by atoms with E-state index in [-0.39, 0.29) is 5.82 Å². The van der Waals surface area contributed by atoms with Crippen LogP contribution in [0.1, 0.15) is 18.4 Å². The van der Waals surface area contributed by atoms with Crippen molar-refractivity contribution in [2.45, 2.75) is 25.6 Å². The molecule has 4 heteroatoms. The first-order chi connectivity index (χ1) is 7.24. The lowest BCUT2D eigenvalue weighted by atomic mass is 10.1. The highest BCUT2D eigenvalue weighted by atomic mass is 19.1. The zero-order valence-corrected chi connectivity index (χ0v) is 8.50. The molecular weight excluding hydrogens is 198 g/mol. The summed E-state index contributed by atoms with van der Waals surface area (Å²) in [7, 11) is 0. The third-order valence-electron chi connectivity index (χ3n) is 2.68. The molecule has 0 bridgehead atoms. The van der Waals surface area contributed by atoms with Gasteiger partial charge in [-0.3, -0.25) is 9.88 Å². The minimum Gasteiger partial charge on any atom is -0.299 e. The molecule has 1 aromatic heterocycles. The summed E-state index contributed by atoms with van der Waals surface area (Å²) in [5.41, 5.74) is 0.854. The predicted molar refractivity (Wildman–Crippen MR) is 53.6 cm³/mol. The van der Waals surface area contributed by atoms with Crippen LogP contribution in [0.15, 0.2) is 18.5 Å². The highest BCUT2D eigenvalue weighted by molar-refractivity contribution is 5.10. The van der Waals surface area contributed by atoms with E-state index in [1.165, 1.54) is 12.3 Å². The molecule has 2 heterocycles. The van der Waals surface area contributed by atoms with E-state index in [0.717, 1.165) is 18.7 Å². The van der Waals surface area contributed by atoms with Crippen molar-refractivity contribution >= 4 is 0 Å². The second-order valence-corrected chi connectivity index (χ2v) is 3.96. The molecule has 0 radical (unpaired) electrons. The molecule has 2 rings (SSSR count). The van der Waals surface area contributed by atoms with Crippen molar-refractivity contribution in [1.29, 1.82) is 0 Å². The SMILES string of the molecule is Fc1cncc(CN2CCC(F)CC2)c1. The fraction of sp³-hybridized carbons (Fsp3) is 0.545. The van der Waals surface area contributed by atoms with Crippen LogP contribution in [0.5, 0.6) is 0 Å². The van der Waals surface area contributed by atoms with Crippen LogP contribution in [0.25, 0.3) is 0 Å². The lowest BCUT2D eigenvalue weighted by Crippen LogP contribution is -2.33. The summed E-state index contributed by atoms with van der Waals surface area (Å²) in [6.45, 7) is 2.16. The lowest BCUT2D eigenvalue weighted by molar-refractivity contribution is 0.145. The molecule has 0 unspecified atom stereocenters. The Kier molecular flexibility index (Phi) is 3.26. The third-order valence-corrected chi connectivity index (χ3v) is 2.68. The van der Waals surface area contributed by atoms with Gasteiger partial charge in [-0.15, -0.1) is 0 Å². The van der Waals surface area contributed by atoms with Gasteiger partial charge >= 0.3 is 0 Å². The van der Waals surface area contributed by atoms with Gasteiger partial charge < -0.3 is 0 Å². The van der Waals surface area contributed by atoms with Crippen LogP contribution >= 0.6 is 0 Å². The number of hydrogen-bond donors (Lipinski definition) is 0. The third kappa shape index (κ3) is 2.96. The molecular formula is C11H14F2N2. The van der Waals surface area contributed by atoms with Crippen LogP contribution in [-0.4, -0.2) is 29.1 Å². The first-order valence-corrected chi connectivity index (χ1v) is 5.20. The molecule has 15 heavy (non-hydrogen) atoms. The summed E-state index contributed by atoms with van der Waals surface area (Å²) >= 11 is 0. The van der Waals surface area contributed by atoms with Crippen molar-refractivity contribution in [3.05, 3.63) is 29.8 Å². The van der Waals surface area contributed by atoms with Crippen LogP contribution in [-0.2, 0) is 6.54 Å². The quantitative estimate of drug-likeness (QED) is 0.746. The zero-order chi connectivity index (χ0) is 10.7. The van der Waals surface area contributed by atoms with E-state index >= 15 is 0 Å². The minimum absolute atomic E-state index is 0.312. The van der Waals surface area contributed by atoms with Crippen LogP contribution in [0, 0.1) is 5.82 Å². The van der Waals surface area contributed by atoms with E-state index < -0.39 is 6.17 Å². The monoisotopic (exact) mass is 212 g/mol. The molecule has 82 valence electrons. The van der Waals surface area contributed by atoms with Crippen molar-refractivity contribution in [3.63, 3.8) is 0 Å². The Labute approximate surface area is 87.9 Å². The lowest BCUT2D eigenvalue weighted by Gasteiger charge is -2.28. The first-order valence-electron chi connectivity index (χ1n) is 5.20. The summed E-state index contributed by atoms with van der Waals surface area (Å²) < 4.78 is 25.7. The molecule has 0 saturated carbocycles. The number of alkyl halides is 1. The maximum atomic E-state index is 12.9. The van der Waals surface area contributed by atoms with Crippen molar-refractivity contribution in [1.82, 2.24) is 9.88 Å². The van der Waals surface area contributed by atoms with Crippen LogP contribution in [0.2, 0.25) is 0 Å². The van der Waals surface area contributed by atoms with Gasteiger partial charge in [-0.25, -0.2) is 8.78 Å². The van der Waals surface area contributed by atoms with Gasteiger partial charge in [0.25, 0.3) is 0 Å². The molecule has 1 fully saturated rings. The largest absolute Gasteiger partial charge is 0.299 e. The predicted octanol–water partition coefficient (Wildman–Crippen LogP) is 2.15. The topological polar surface area (TPSA) is 16.1 Å². The van der Waals surface area contributed by atoms with Crippen molar-refractivity contribution in [3.8, 4) is 0 Å². The number of aromatic nitrogens is 1. The second kappa shape index (κ2) is 4.66. The number of nitrogens with zero attached hydrogens (tertiary/aromatic N) is 2. The van der Waals surface area contributed by atoms with E-state index in [1.807, 2.05) is 0 Å². The summed E-state index contributed by atoms with van der Waals surface area (Å²) in [5.74, 6) is -0.312. The van der Waals surface area contributed by atoms with Gasteiger partial charge in [-0.2, -0.15) is 0 Å². The Hall–Kier alpha value is -1.03. The van der Waals surface area contributed by atoms with E-state index in [0.29, 0.717) is 19.4 Å². The molecule has 0 amide bonds. The molecule has 1 aliphatic heterocycles. The standard InChI is InChI=1S/C11H14F2N2/c12-10-1-3-15(4-2-10)8-9-5-11(13)7-14-6-9/h5-7,10H,1-4,8H2. The molecule has 0 atom stereocenters. The van der Waals surface area contributed by atoms with Gasteiger partial charge in [0.1, 0.15) is 12.0 Å². The molecule has 0 spiro atoms. The van der Waals surface area contributed by atoms with Crippen LogP contribution < -0.4 is 0 Å². The van der Waals surface area contributed by atoms with E-state index in [9.17, 15) is 8.78 Å². The van der Waals surface area contributed by atoms with Gasteiger partial charge in [-0.05, 0) is 24.5 Å². The van der Waals surface area contributed by atoms with E-state index in [4.69, 9.17) is 0 Å². The molecule has 1 aromatic rings. The molecule has 2 nitrogen and oxygen atoms in total. The highest BCUT2D eigenvalue weighted by Gasteiger charge is 2.18. The summed E-state index contributed by atoms with van der Waals surface area (Å²) in [4.78, 5) is 5.92. The van der Waals surface area contributed by atoms with Gasteiger partial charge in [0, 0.05) is 25.8 Å². The fourth-order valence-electron chi connectivity index (χ4n) is 1.86. The first kappa shape index (κ1) is 10.5. The van der Waals surface area contributed by atoms with Crippen molar-refractivity contribution < 1.29 is 8.78 Å². The molecule has 0 N–H and O–H groups in total. The normalized spacial score (nSPS) is 19.3. The van der Waals surface area contributed by atoms with Gasteiger partial charge in [-0.1, -0.05) is 0 Å². The summed E-state index contributed by atoms with van der Waals surface area (Å²) in [5, 5.41) is 0. The van der Waals surface area contributed by atoms with Crippen molar-refractivity contribution in [2.75, 3.05) is 13.1 Å². The maximum Gasteiger partial charge on any atom is 0.141 e. The number of halogens is 2. The zero-order valence-electron chi connectivity index (χ0n) is 8.50. The Bertz CT molecular complexity index is 322. The second-order valence-electron chi connectivity index (χ2n) is 3.96. The van der Waals surface area contributed by atoms with E-state index in [2.05, 4.69) is 9.88 Å². The van der Waals surface area contributed by atoms with Crippen molar-refractivity contribution in [2.24, 2.45) is 0 Å². The van der Waals surface area contributed by atoms with E-state index in [1.54, 1.807) is 6.20 Å². The minimum atomic E-state index is -0.660. The Morgan fingerprint density at radius 1 is 1.33 bits per heavy atom. The fourth-order valence-corrected chi connectivity index (χ4v) is 1.86. The molecule has 1 aliphatic rings. The summed E-state index contributed by atoms with van der Waals surface area (Å²) in [6, 6.07) is 1.48. The Balaban J connectivity index is 1.92. The average Bonchev–Trinajstić information content (AvgIpc) is 2.22. The maximum absolute atomic E-state index is 12.9.